The summed E-state index contributed by atoms with van der Waals surface area (Å²) in [5, 5.41) is 0. The van der Waals surface area contributed by atoms with E-state index < -0.39 is 0 Å². The van der Waals surface area contributed by atoms with Crippen molar-refractivity contribution < 1.29 is 14.2 Å². The molecule has 0 aromatic rings. The fourth-order valence-electron chi connectivity index (χ4n) is 4.00. The molecular weight excluding hydrogens is 180 g/mol. The Morgan fingerprint density at radius 2 is 1.93 bits per heavy atom. The van der Waals surface area contributed by atoms with Crippen molar-refractivity contribution in [1.82, 2.24) is 0 Å². The largest absolute Gasteiger partial charge is 0.369 e. The van der Waals surface area contributed by atoms with Gasteiger partial charge < -0.3 is 14.2 Å². The molecule has 0 N–H and O–H groups in total. The van der Waals surface area contributed by atoms with Gasteiger partial charge >= 0.3 is 0 Å². The third-order valence-corrected chi connectivity index (χ3v) is 4.70. The molecule has 4 rings (SSSR count). The van der Waals surface area contributed by atoms with Crippen LogP contribution in [0.2, 0.25) is 0 Å². The molecule has 0 radical (unpaired) electrons. The van der Waals surface area contributed by atoms with Crippen molar-refractivity contribution in [2.24, 2.45) is 17.8 Å². The van der Waals surface area contributed by atoms with Crippen LogP contribution in [-0.4, -0.2) is 31.2 Å². The Kier molecular flexibility index (Phi) is 1.35. The molecule has 0 aromatic carbocycles. The van der Waals surface area contributed by atoms with Crippen molar-refractivity contribution in [2.45, 2.75) is 37.8 Å². The Labute approximate surface area is 83.7 Å². The molecule has 2 heterocycles. The second kappa shape index (κ2) is 2.34. The van der Waals surface area contributed by atoms with Crippen LogP contribution in [0.4, 0.5) is 0 Å². The Morgan fingerprint density at radius 1 is 1.14 bits per heavy atom. The molecule has 4 aliphatic rings. The quantitative estimate of drug-likeness (QED) is 0.545. The highest BCUT2D eigenvalue weighted by Crippen LogP contribution is 2.63. The van der Waals surface area contributed by atoms with Gasteiger partial charge in [0.25, 0.3) is 0 Å². The number of rotatable bonds is 0. The summed E-state index contributed by atoms with van der Waals surface area (Å²) < 4.78 is 17.4. The minimum absolute atomic E-state index is 0.207. The van der Waals surface area contributed by atoms with E-state index in [0.29, 0.717) is 30.0 Å². The Bertz CT molecular complexity index is 272. The molecule has 3 nitrogen and oxygen atoms in total. The van der Waals surface area contributed by atoms with E-state index in [4.69, 9.17) is 14.2 Å². The number of epoxide rings is 1. The average molecular weight is 196 g/mol. The van der Waals surface area contributed by atoms with Crippen LogP contribution in [0.3, 0.4) is 0 Å². The third kappa shape index (κ3) is 0.730. The molecule has 0 unspecified atom stereocenters. The van der Waals surface area contributed by atoms with Gasteiger partial charge in [-0.1, -0.05) is 6.92 Å². The first-order valence-electron chi connectivity index (χ1n) is 5.76. The molecule has 2 aliphatic heterocycles. The van der Waals surface area contributed by atoms with Crippen molar-refractivity contribution in [3.8, 4) is 0 Å². The maximum atomic E-state index is 5.85. The molecule has 1 spiro atoms. The molecule has 5 atom stereocenters. The molecular formula is C11H16O3. The van der Waals surface area contributed by atoms with Gasteiger partial charge in [0.1, 0.15) is 0 Å². The van der Waals surface area contributed by atoms with Crippen LogP contribution in [-0.2, 0) is 14.2 Å². The number of hydrogen-bond acceptors (Lipinski definition) is 3. The van der Waals surface area contributed by atoms with Gasteiger partial charge in [-0.05, 0) is 12.8 Å². The first kappa shape index (κ1) is 8.08. The van der Waals surface area contributed by atoms with Crippen molar-refractivity contribution in [3.63, 3.8) is 0 Å². The summed E-state index contributed by atoms with van der Waals surface area (Å²) in [7, 11) is 0. The van der Waals surface area contributed by atoms with E-state index in [1.54, 1.807) is 0 Å². The molecule has 2 aliphatic carbocycles. The Balaban J connectivity index is 1.65. The highest BCUT2D eigenvalue weighted by Gasteiger charge is 2.71. The normalized spacial score (nSPS) is 57.6. The van der Waals surface area contributed by atoms with E-state index in [9.17, 15) is 0 Å². The predicted octanol–water partition coefficient (Wildman–Crippen LogP) is 1.17. The highest BCUT2D eigenvalue weighted by atomic mass is 16.7. The van der Waals surface area contributed by atoms with Crippen LogP contribution in [0.15, 0.2) is 0 Å². The van der Waals surface area contributed by atoms with Crippen LogP contribution in [0.5, 0.6) is 0 Å². The average Bonchev–Trinajstić information content (AvgIpc) is 2.78. The van der Waals surface area contributed by atoms with E-state index in [1.165, 1.54) is 12.8 Å². The Hall–Kier alpha value is -0.120. The summed E-state index contributed by atoms with van der Waals surface area (Å²) in [6, 6.07) is 0. The van der Waals surface area contributed by atoms with Gasteiger partial charge in [0.2, 0.25) is 0 Å². The summed E-state index contributed by atoms with van der Waals surface area (Å²) in [6.07, 6.45) is 3.57. The molecule has 14 heavy (non-hydrogen) atoms. The number of fused-ring (bicyclic) bond motifs is 4. The zero-order chi connectivity index (χ0) is 9.34. The summed E-state index contributed by atoms with van der Waals surface area (Å²) in [4.78, 5) is 0. The molecule has 3 heteroatoms. The van der Waals surface area contributed by atoms with E-state index >= 15 is 0 Å². The molecule has 2 saturated carbocycles. The van der Waals surface area contributed by atoms with Crippen molar-refractivity contribution >= 4 is 0 Å². The standard InChI is InChI=1S/C11H16O3/c1-6-9-7(2-3-8-10(9)14-8)11(6)12-4-5-13-11/h6-10H,2-5H2,1H3/t6-,7-,8+,9-,10+/m1/s1. The zero-order valence-corrected chi connectivity index (χ0v) is 8.44. The monoisotopic (exact) mass is 196 g/mol. The van der Waals surface area contributed by atoms with Crippen LogP contribution < -0.4 is 0 Å². The van der Waals surface area contributed by atoms with Gasteiger partial charge in [0.15, 0.2) is 5.79 Å². The van der Waals surface area contributed by atoms with Gasteiger partial charge in [-0.3, -0.25) is 0 Å². The van der Waals surface area contributed by atoms with E-state index in [2.05, 4.69) is 6.92 Å². The van der Waals surface area contributed by atoms with Gasteiger partial charge in [-0.2, -0.15) is 0 Å². The van der Waals surface area contributed by atoms with Crippen molar-refractivity contribution in [1.29, 1.82) is 0 Å². The molecule has 0 aromatic heterocycles. The highest BCUT2D eigenvalue weighted by molar-refractivity contribution is 5.14. The van der Waals surface area contributed by atoms with Crippen LogP contribution in [0, 0.1) is 17.8 Å². The number of hydrogen-bond donors (Lipinski definition) is 0. The first-order chi connectivity index (χ1) is 6.83. The lowest BCUT2D eigenvalue weighted by molar-refractivity contribution is -0.321. The minimum atomic E-state index is -0.207. The first-order valence-corrected chi connectivity index (χ1v) is 5.76. The van der Waals surface area contributed by atoms with Gasteiger partial charge in [0, 0.05) is 17.8 Å². The lowest BCUT2D eigenvalue weighted by Gasteiger charge is -2.57. The van der Waals surface area contributed by atoms with Crippen molar-refractivity contribution in [2.75, 3.05) is 13.2 Å². The van der Waals surface area contributed by atoms with E-state index in [-0.39, 0.29) is 5.79 Å². The summed E-state index contributed by atoms with van der Waals surface area (Å²) in [6.45, 7) is 3.82. The fraction of sp³-hybridized carbons (Fsp3) is 1.00. The minimum Gasteiger partial charge on any atom is -0.369 e. The summed E-state index contributed by atoms with van der Waals surface area (Å²) >= 11 is 0. The van der Waals surface area contributed by atoms with Gasteiger partial charge in [-0.25, -0.2) is 0 Å². The van der Waals surface area contributed by atoms with E-state index in [1.807, 2.05) is 0 Å². The van der Waals surface area contributed by atoms with Crippen LogP contribution >= 0.6 is 0 Å². The molecule has 2 saturated heterocycles. The second-order valence-electron chi connectivity index (χ2n) is 5.11. The second-order valence-corrected chi connectivity index (χ2v) is 5.11. The maximum Gasteiger partial charge on any atom is 0.174 e. The van der Waals surface area contributed by atoms with Crippen LogP contribution in [0.25, 0.3) is 0 Å². The van der Waals surface area contributed by atoms with Gasteiger partial charge in [0.05, 0.1) is 25.4 Å². The maximum absolute atomic E-state index is 5.85. The lowest BCUT2D eigenvalue weighted by Crippen LogP contribution is -2.65. The molecule has 0 amide bonds. The lowest BCUT2D eigenvalue weighted by atomic mass is 9.54. The summed E-state index contributed by atoms with van der Waals surface area (Å²) in [5.41, 5.74) is 0. The third-order valence-electron chi connectivity index (χ3n) is 4.70. The fourth-order valence-corrected chi connectivity index (χ4v) is 4.00. The van der Waals surface area contributed by atoms with Gasteiger partial charge in [-0.15, -0.1) is 0 Å². The Morgan fingerprint density at radius 3 is 2.71 bits per heavy atom. The SMILES string of the molecule is C[C@@H]1[C@H]2[C@H]3O[C@H]3CC[C@H]2C12OCCO2. The van der Waals surface area contributed by atoms with E-state index in [0.717, 1.165) is 13.2 Å². The van der Waals surface area contributed by atoms with Crippen LogP contribution in [0.1, 0.15) is 19.8 Å². The zero-order valence-electron chi connectivity index (χ0n) is 8.44. The molecule has 78 valence electrons. The molecule has 0 bridgehead atoms. The van der Waals surface area contributed by atoms with Crippen molar-refractivity contribution in [3.05, 3.63) is 0 Å². The number of ether oxygens (including phenoxy) is 3. The smallest absolute Gasteiger partial charge is 0.174 e. The summed E-state index contributed by atoms with van der Waals surface area (Å²) in [5.74, 6) is 1.66. The topological polar surface area (TPSA) is 31.0 Å². The molecule has 4 fully saturated rings. The predicted molar refractivity (Wildman–Crippen MR) is 48.7 cm³/mol.